The second kappa shape index (κ2) is 8.28. The fraction of sp³-hybridized carbons (Fsp3) is 0.667. The molecule has 1 aliphatic heterocycles. The molecule has 2 heterocycles. The van der Waals surface area contributed by atoms with Crippen LogP contribution in [0.4, 0.5) is 4.79 Å². The molecule has 4 N–H and O–H groups in total. The summed E-state index contributed by atoms with van der Waals surface area (Å²) in [4.78, 5) is 28.7. The van der Waals surface area contributed by atoms with Gasteiger partial charge >= 0.3 is 6.09 Å². The number of hydrogen-bond acceptors (Lipinski definition) is 6. The number of pyridine rings is 1. The van der Waals surface area contributed by atoms with Gasteiger partial charge in [-0.15, -0.1) is 0 Å². The number of amides is 2. The Bertz CT molecular complexity index is 766. The first-order valence-electron chi connectivity index (χ1n) is 10.6. The summed E-state index contributed by atoms with van der Waals surface area (Å²) in [6.45, 7) is 4.01. The van der Waals surface area contributed by atoms with Crippen LogP contribution in [0.2, 0.25) is 0 Å². The van der Waals surface area contributed by atoms with Crippen LogP contribution in [0.25, 0.3) is 0 Å². The second-order valence-electron chi connectivity index (χ2n) is 8.98. The van der Waals surface area contributed by atoms with E-state index in [9.17, 15) is 9.59 Å². The Hall–Kier alpha value is -2.19. The van der Waals surface area contributed by atoms with Crippen LogP contribution in [0.15, 0.2) is 18.3 Å². The number of nitrogens with zero attached hydrogens (tertiary/aromatic N) is 1. The van der Waals surface area contributed by atoms with Crippen molar-refractivity contribution in [1.82, 2.24) is 26.5 Å². The van der Waals surface area contributed by atoms with Crippen molar-refractivity contribution in [1.29, 1.82) is 0 Å². The quantitative estimate of drug-likeness (QED) is 0.578. The summed E-state index contributed by atoms with van der Waals surface area (Å²) in [5.74, 6) is 0.390. The molecule has 158 valence electrons. The van der Waals surface area contributed by atoms with Crippen molar-refractivity contribution in [3.05, 3.63) is 29.6 Å². The van der Waals surface area contributed by atoms with E-state index in [0.29, 0.717) is 5.92 Å². The van der Waals surface area contributed by atoms with E-state index < -0.39 is 0 Å². The Balaban J connectivity index is 1.19. The number of aryl methyl sites for hydroxylation is 1. The first-order valence-corrected chi connectivity index (χ1v) is 10.6. The number of rotatable bonds is 6. The lowest BCUT2D eigenvalue weighted by molar-refractivity contribution is -0.121. The molecule has 0 spiro atoms. The Morgan fingerprint density at radius 3 is 2.86 bits per heavy atom. The molecule has 2 aliphatic carbocycles. The van der Waals surface area contributed by atoms with Crippen molar-refractivity contribution >= 4 is 12.0 Å². The van der Waals surface area contributed by atoms with Crippen LogP contribution < -0.4 is 21.5 Å². The van der Waals surface area contributed by atoms with Gasteiger partial charge < -0.3 is 15.4 Å². The van der Waals surface area contributed by atoms with E-state index in [0.717, 1.165) is 49.8 Å². The number of aromatic nitrogens is 1. The standard InChI is InChI=1S/C21H31N5O3/c1-13-4-3-9-22-16(13)12-19(27)23-18-11-17(25-26-18)14-5-6-15(10-14)29-20(28)24-21(2)7-8-21/h3-4,9,14-15,17-18,25-26H,5-8,10-12H2,1-2H3,(H,23,27)(H,24,28)/t14-,15+,17?,18?/m0/s1. The summed E-state index contributed by atoms with van der Waals surface area (Å²) in [6, 6.07) is 4.10. The average Bonchev–Trinajstić information content (AvgIpc) is 3.06. The Labute approximate surface area is 171 Å². The fourth-order valence-electron chi connectivity index (χ4n) is 4.27. The molecule has 1 aromatic rings. The van der Waals surface area contributed by atoms with Crippen molar-refractivity contribution in [2.24, 2.45) is 5.92 Å². The summed E-state index contributed by atoms with van der Waals surface area (Å²) in [5, 5.41) is 5.99. The first-order chi connectivity index (χ1) is 13.9. The average molecular weight is 402 g/mol. The van der Waals surface area contributed by atoms with Gasteiger partial charge in [0.15, 0.2) is 0 Å². The van der Waals surface area contributed by atoms with Crippen molar-refractivity contribution in [2.75, 3.05) is 0 Å². The van der Waals surface area contributed by atoms with Crippen LogP contribution in [-0.4, -0.2) is 40.8 Å². The highest BCUT2D eigenvalue weighted by atomic mass is 16.6. The number of alkyl carbamates (subject to hydrolysis) is 1. The molecule has 2 unspecified atom stereocenters. The predicted octanol–water partition coefficient (Wildman–Crippen LogP) is 1.69. The van der Waals surface area contributed by atoms with Gasteiger partial charge in [-0.05, 0) is 69.9 Å². The maximum Gasteiger partial charge on any atom is 0.407 e. The van der Waals surface area contributed by atoms with Gasteiger partial charge in [0.2, 0.25) is 5.91 Å². The van der Waals surface area contributed by atoms with Gasteiger partial charge in [0.05, 0.1) is 18.3 Å². The minimum absolute atomic E-state index is 0.0232. The third-order valence-corrected chi connectivity index (χ3v) is 6.39. The lowest BCUT2D eigenvalue weighted by Crippen LogP contribution is -2.45. The van der Waals surface area contributed by atoms with Crippen LogP contribution in [-0.2, 0) is 16.0 Å². The van der Waals surface area contributed by atoms with E-state index in [4.69, 9.17) is 4.74 Å². The van der Waals surface area contributed by atoms with E-state index in [-0.39, 0.29) is 42.3 Å². The molecule has 4 atom stereocenters. The topological polar surface area (TPSA) is 104 Å². The van der Waals surface area contributed by atoms with Crippen molar-refractivity contribution < 1.29 is 14.3 Å². The maximum absolute atomic E-state index is 12.4. The summed E-state index contributed by atoms with van der Waals surface area (Å²) < 4.78 is 5.61. The molecule has 1 aromatic heterocycles. The summed E-state index contributed by atoms with van der Waals surface area (Å²) in [7, 11) is 0. The lowest BCUT2D eigenvalue weighted by Gasteiger charge is -2.19. The van der Waals surface area contributed by atoms with Crippen LogP contribution in [0.3, 0.4) is 0 Å². The number of hydrazine groups is 1. The zero-order valence-corrected chi connectivity index (χ0v) is 17.2. The van der Waals surface area contributed by atoms with Gasteiger partial charge in [0.1, 0.15) is 6.10 Å². The molecule has 2 saturated carbocycles. The van der Waals surface area contributed by atoms with Crippen molar-refractivity contribution in [2.45, 2.75) is 82.6 Å². The molecule has 3 aliphatic rings. The molecule has 29 heavy (non-hydrogen) atoms. The van der Waals surface area contributed by atoms with Crippen molar-refractivity contribution in [3.8, 4) is 0 Å². The summed E-state index contributed by atoms with van der Waals surface area (Å²) in [5.41, 5.74) is 8.28. The van der Waals surface area contributed by atoms with E-state index in [1.165, 1.54) is 0 Å². The first kappa shape index (κ1) is 20.1. The van der Waals surface area contributed by atoms with Crippen LogP contribution in [0.1, 0.15) is 56.7 Å². The van der Waals surface area contributed by atoms with Crippen molar-refractivity contribution in [3.63, 3.8) is 0 Å². The molecule has 4 rings (SSSR count). The van der Waals surface area contributed by atoms with Crippen LogP contribution in [0, 0.1) is 12.8 Å². The maximum atomic E-state index is 12.4. The van der Waals surface area contributed by atoms with E-state index >= 15 is 0 Å². The highest BCUT2D eigenvalue weighted by Gasteiger charge is 2.41. The fourth-order valence-corrected chi connectivity index (χ4v) is 4.27. The van der Waals surface area contributed by atoms with Gasteiger partial charge in [0, 0.05) is 17.8 Å². The molecule has 0 radical (unpaired) electrons. The smallest absolute Gasteiger partial charge is 0.407 e. The van der Waals surface area contributed by atoms with Gasteiger partial charge in [-0.25, -0.2) is 10.2 Å². The molecule has 8 nitrogen and oxygen atoms in total. The SMILES string of the molecule is Cc1cccnc1CC(=O)NC1CC([C@H]2CC[C@@H](OC(=O)NC3(C)CC3)C2)NN1. The number of carbonyl (C=O) groups is 2. The summed E-state index contributed by atoms with van der Waals surface area (Å²) in [6.07, 6.45) is 7.22. The van der Waals surface area contributed by atoms with Gasteiger partial charge in [-0.3, -0.25) is 15.2 Å². The molecular formula is C21H31N5O3. The Morgan fingerprint density at radius 2 is 2.10 bits per heavy atom. The zero-order valence-electron chi connectivity index (χ0n) is 17.2. The van der Waals surface area contributed by atoms with E-state index in [1.54, 1.807) is 6.20 Å². The van der Waals surface area contributed by atoms with Gasteiger partial charge in [0.25, 0.3) is 0 Å². The number of ether oxygens (including phenoxy) is 1. The van der Waals surface area contributed by atoms with Gasteiger partial charge in [-0.1, -0.05) is 6.07 Å². The molecule has 8 heteroatoms. The summed E-state index contributed by atoms with van der Waals surface area (Å²) >= 11 is 0. The third-order valence-electron chi connectivity index (χ3n) is 6.39. The monoisotopic (exact) mass is 401 g/mol. The molecule has 0 bridgehead atoms. The minimum atomic E-state index is -0.289. The van der Waals surface area contributed by atoms with Crippen LogP contribution in [0.5, 0.6) is 0 Å². The van der Waals surface area contributed by atoms with Gasteiger partial charge in [-0.2, -0.15) is 0 Å². The highest BCUT2D eigenvalue weighted by Crippen LogP contribution is 2.36. The Morgan fingerprint density at radius 1 is 1.28 bits per heavy atom. The lowest BCUT2D eigenvalue weighted by atomic mass is 9.96. The van der Waals surface area contributed by atoms with E-state index in [2.05, 4.69) is 26.5 Å². The normalized spacial score (nSPS) is 30.0. The largest absolute Gasteiger partial charge is 0.446 e. The highest BCUT2D eigenvalue weighted by molar-refractivity contribution is 5.78. The molecule has 3 fully saturated rings. The van der Waals surface area contributed by atoms with Crippen LogP contribution >= 0.6 is 0 Å². The molecule has 0 aromatic carbocycles. The second-order valence-corrected chi connectivity index (χ2v) is 8.98. The predicted molar refractivity (Wildman–Crippen MR) is 108 cm³/mol. The number of nitrogens with one attached hydrogen (secondary N) is 4. The Kier molecular flexibility index (Phi) is 5.74. The molecular weight excluding hydrogens is 370 g/mol. The zero-order chi connectivity index (χ0) is 20.4. The minimum Gasteiger partial charge on any atom is -0.446 e. The molecule has 2 amide bonds. The van der Waals surface area contributed by atoms with E-state index in [1.807, 2.05) is 26.0 Å². The number of hydrogen-bond donors (Lipinski definition) is 4. The third kappa shape index (κ3) is 5.25. The molecule has 1 saturated heterocycles. The number of carbonyl (C=O) groups excluding carboxylic acids is 2.